The summed E-state index contributed by atoms with van der Waals surface area (Å²) >= 11 is 0. The van der Waals surface area contributed by atoms with Gasteiger partial charge in [0.15, 0.2) is 0 Å². The smallest absolute Gasteiger partial charge is 0.123 e. The van der Waals surface area contributed by atoms with Gasteiger partial charge < -0.3 is 4.57 Å². The number of aromatic nitrogens is 1. The summed E-state index contributed by atoms with van der Waals surface area (Å²) in [5.41, 5.74) is 2.84. The van der Waals surface area contributed by atoms with Crippen LogP contribution < -0.4 is 0 Å². The minimum atomic E-state index is -0.233. The molecule has 0 radical (unpaired) electrons. The van der Waals surface area contributed by atoms with Crippen molar-refractivity contribution < 1.29 is 4.39 Å². The molecule has 2 rings (SSSR count). The number of hydrogen-bond donors (Lipinski definition) is 0. The molecule has 0 aliphatic heterocycles. The summed E-state index contributed by atoms with van der Waals surface area (Å²) in [7, 11) is 0. The molecule has 0 saturated carbocycles. The molecule has 0 fully saturated rings. The Hall–Kier alpha value is -2.08. The average Bonchev–Trinajstić information content (AvgIpc) is 2.81. The van der Waals surface area contributed by atoms with Crippen LogP contribution in [-0.2, 0) is 13.0 Å². The minimum absolute atomic E-state index is 0.233. The van der Waals surface area contributed by atoms with Gasteiger partial charge in [-0.1, -0.05) is 25.5 Å². The SMILES string of the molecule is CCCCc1ccc(C#N)n1Cc1ccc(F)cc1. The molecule has 0 spiro atoms. The zero-order valence-corrected chi connectivity index (χ0v) is 11.1. The second-order valence-electron chi connectivity index (χ2n) is 4.64. The van der Waals surface area contributed by atoms with Crippen LogP contribution in [0.4, 0.5) is 4.39 Å². The van der Waals surface area contributed by atoms with E-state index in [1.165, 1.54) is 17.8 Å². The fourth-order valence-electron chi connectivity index (χ4n) is 2.14. The van der Waals surface area contributed by atoms with Gasteiger partial charge in [-0.3, -0.25) is 0 Å². The number of nitrogens with zero attached hydrogens (tertiary/aromatic N) is 2. The Morgan fingerprint density at radius 3 is 2.53 bits per heavy atom. The summed E-state index contributed by atoms with van der Waals surface area (Å²) in [5.74, 6) is -0.233. The Bertz CT molecular complexity index is 576. The highest BCUT2D eigenvalue weighted by molar-refractivity contribution is 5.29. The van der Waals surface area contributed by atoms with Crippen LogP contribution in [0.25, 0.3) is 0 Å². The zero-order valence-electron chi connectivity index (χ0n) is 11.1. The fourth-order valence-corrected chi connectivity index (χ4v) is 2.14. The van der Waals surface area contributed by atoms with Crippen molar-refractivity contribution in [1.29, 1.82) is 5.26 Å². The number of unbranched alkanes of at least 4 members (excludes halogenated alkanes) is 1. The van der Waals surface area contributed by atoms with Gasteiger partial charge in [0.25, 0.3) is 0 Å². The number of halogens is 1. The highest BCUT2D eigenvalue weighted by Crippen LogP contribution is 2.15. The lowest BCUT2D eigenvalue weighted by Crippen LogP contribution is -2.06. The van der Waals surface area contributed by atoms with E-state index >= 15 is 0 Å². The van der Waals surface area contributed by atoms with Crippen molar-refractivity contribution in [2.75, 3.05) is 0 Å². The highest BCUT2D eigenvalue weighted by atomic mass is 19.1. The molecule has 0 N–H and O–H groups in total. The summed E-state index contributed by atoms with van der Waals surface area (Å²) in [4.78, 5) is 0. The predicted octanol–water partition coefficient (Wildman–Crippen LogP) is 3.89. The average molecular weight is 256 g/mol. The van der Waals surface area contributed by atoms with Gasteiger partial charge in [0.2, 0.25) is 0 Å². The molecule has 2 nitrogen and oxygen atoms in total. The topological polar surface area (TPSA) is 28.7 Å². The molecule has 2 aromatic rings. The van der Waals surface area contributed by atoms with E-state index in [1.807, 2.05) is 16.7 Å². The quantitative estimate of drug-likeness (QED) is 0.797. The molecule has 0 bridgehead atoms. The van der Waals surface area contributed by atoms with Crippen LogP contribution in [0.2, 0.25) is 0 Å². The fraction of sp³-hybridized carbons (Fsp3) is 0.312. The van der Waals surface area contributed by atoms with Gasteiger partial charge in [-0.05, 0) is 42.7 Å². The first-order chi connectivity index (χ1) is 9.24. The van der Waals surface area contributed by atoms with Crippen LogP contribution in [0.15, 0.2) is 36.4 Å². The summed E-state index contributed by atoms with van der Waals surface area (Å²) in [6, 6.07) is 12.5. The molecule has 1 aromatic heterocycles. The van der Waals surface area contributed by atoms with Crippen LogP contribution in [-0.4, -0.2) is 4.57 Å². The normalized spacial score (nSPS) is 10.4. The Labute approximate surface area is 113 Å². The van der Waals surface area contributed by atoms with E-state index in [9.17, 15) is 4.39 Å². The number of benzene rings is 1. The third kappa shape index (κ3) is 3.23. The lowest BCUT2D eigenvalue weighted by atomic mass is 10.2. The van der Waals surface area contributed by atoms with Crippen molar-refractivity contribution in [3.8, 4) is 6.07 Å². The Morgan fingerprint density at radius 2 is 1.89 bits per heavy atom. The zero-order chi connectivity index (χ0) is 13.7. The van der Waals surface area contributed by atoms with Gasteiger partial charge >= 0.3 is 0 Å². The van der Waals surface area contributed by atoms with Crippen LogP contribution in [0.5, 0.6) is 0 Å². The van der Waals surface area contributed by atoms with E-state index in [0.29, 0.717) is 12.2 Å². The van der Waals surface area contributed by atoms with E-state index < -0.39 is 0 Å². The predicted molar refractivity (Wildman–Crippen MR) is 73.3 cm³/mol. The van der Waals surface area contributed by atoms with E-state index in [0.717, 1.165) is 24.8 Å². The summed E-state index contributed by atoms with van der Waals surface area (Å²) < 4.78 is 14.9. The largest absolute Gasteiger partial charge is 0.332 e. The van der Waals surface area contributed by atoms with Crippen molar-refractivity contribution in [3.05, 3.63) is 59.2 Å². The maximum Gasteiger partial charge on any atom is 0.123 e. The van der Waals surface area contributed by atoms with Crippen LogP contribution in [0.1, 0.15) is 36.7 Å². The van der Waals surface area contributed by atoms with Gasteiger partial charge in [-0.25, -0.2) is 4.39 Å². The molecule has 1 heterocycles. The first-order valence-corrected chi connectivity index (χ1v) is 6.57. The molecule has 19 heavy (non-hydrogen) atoms. The second kappa shape index (κ2) is 6.19. The second-order valence-corrected chi connectivity index (χ2v) is 4.64. The number of hydrogen-bond acceptors (Lipinski definition) is 1. The molecule has 0 atom stereocenters. The lowest BCUT2D eigenvalue weighted by molar-refractivity contribution is 0.625. The first-order valence-electron chi connectivity index (χ1n) is 6.57. The Balaban J connectivity index is 2.24. The van der Waals surface area contributed by atoms with E-state index in [4.69, 9.17) is 5.26 Å². The molecular weight excluding hydrogens is 239 g/mol. The summed E-state index contributed by atoms with van der Waals surface area (Å²) in [6.07, 6.45) is 3.21. The number of aryl methyl sites for hydroxylation is 1. The molecule has 0 unspecified atom stereocenters. The van der Waals surface area contributed by atoms with Gasteiger partial charge in [0.05, 0.1) is 0 Å². The first kappa shape index (κ1) is 13.4. The van der Waals surface area contributed by atoms with Gasteiger partial charge in [-0.2, -0.15) is 5.26 Å². The van der Waals surface area contributed by atoms with Gasteiger partial charge in [0.1, 0.15) is 17.6 Å². The standard InChI is InChI=1S/C16H17FN2/c1-2-3-4-15-9-10-16(11-18)19(15)12-13-5-7-14(17)8-6-13/h5-10H,2-4,12H2,1H3. The summed E-state index contributed by atoms with van der Waals surface area (Å²) in [6.45, 7) is 2.77. The maximum atomic E-state index is 12.9. The van der Waals surface area contributed by atoms with Crippen LogP contribution >= 0.6 is 0 Å². The van der Waals surface area contributed by atoms with Crippen molar-refractivity contribution >= 4 is 0 Å². The molecule has 1 aromatic carbocycles. The molecule has 0 aliphatic carbocycles. The van der Waals surface area contributed by atoms with Gasteiger partial charge in [0, 0.05) is 12.2 Å². The highest BCUT2D eigenvalue weighted by Gasteiger charge is 2.08. The van der Waals surface area contributed by atoms with E-state index in [2.05, 4.69) is 13.0 Å². The maximum absolute atomic E-state index is 12.9. The lowest BCUT2D eigenvalue weighted by Gasteiger charge is -2.10. The van der Waals surface area contributed by atoms with Crippen molar-refractivity contribution in [1.82, 2.24) is 4.57 Å². The monoisotopic (exact) mass is 256 g/mol. The van der Waals surface area contributed by atoms with Crippen molar-refractivity contribution in [2.45, 2.75) is 32.7 Å². The number of rotatable bonds is 5. The number of nitriles is 1. The molecule has 3 heteroatoms. The summed E-state index contributed by atoms with van der Waals surface area (Å²) in [5, 5.41) is 9.15. The van der Waals surface area contributed by atoms with Crippen LogP contribution in [0.3, 0.4) is 0 Å². The van der Waals surface area contributed by atoms with Crippen LogP contribution in [0, 0.1) is 17.1 Å². The third-order valence-corrected chi connectivity index (χ3v) is 3.23. The van der Waals surface area contributed by atoms with E-state index in [-0.39, 0.29) is 5.82 Å². The van der Waals surface area contributed by atoms with Gasteiger partial charge in [-0.15, -0.1) is 0 Å². The van der Waals surface area contributed by atoms with Crippen molar-refractivity contribution in [2.24, 2.45) is 0 Å². The van der Waals surface area contributed by atoms with E-state index in [1.54, 1.807) is 12.1 Å². The Kier molecular flexibility index (Phi) is 4.35. The molecular formula is C16H17FN2. The molecule has 98 valence electrons. The van der Waals surface area contributed by atoms with Crippen molar-refractivity contribution in [3.63, 3.8) is 0 Å². The third-order valence-electron chi connectivity index (χ3n) is 3.23. The molecule has 0 aliphatic rings. The molecule has 0 amide bonds. The minimum Gasteiger partial charge on any atom is -0.332 e. The molecule has 0 saturated heterocycles. The Morgan fingerprint density at radius 1 is 1.16 bits per heavy atom.